The number of hydrogen-bond acceptors (Lipinski definition) is 4. The molecule has 4 atom stereocenters. The molecule has 0 aromatic carbocycles. The van der Waals surface area contributed by atoms with E-state index in [2.05, 4.69) is 24.2 Å². The minimum absolute atomic E-state index is 0.0297. The Balaban J connectivity index is 2.05. The number of guanidine groups is 1. The second-order valence-electron chi connectivity index (χ2n) is 6.40. The number of unbranched alkanes of at least 4 members (excludes halogenated alkanes) is 1. The molecule has 0 aromatic heterocycles. The third kappa shape index (κ3) is 1.80. The molecular formula is C15H25N3O. The molecule has 4 heteroatoms. The van der Waals surface area contributed by atoms with E-state index < -0.39 is 5.60 Å². The summed E-state index contributed by atoms with van der Waals surface area (Å²) in [7, 11) is 0. The number of rotatable bonds is 3. The van der Waals surface area contributed by atoms with Crippen molar-refractivity contribution in [1.82, 2.24) is 5.32 Å². The molecule has 106 valence electrons. The van der Waals surface area contributed by atoms with Crippen molar-refractivity contribution in [3.05, 3.63) is 11.3 Å². The molecule has 1 unspecified atom stereocenters. The van der Waals surface area contributed by atoms with Crippen LogP contribution in [0.3, 0.4) is 0 Å². The fourth-order valence-corrected chi connectivity index (χ4v) is 4.22. The minimum atomic E-state index is -0.765. The van der Waals surface area contributed by atoms with E-state index in [0.29, 0.717) is 17.8 Å². The Morgan fingerprint density at radius 3 is 3.00 bits per heavy atom. The van der Waals surface area contributed by atoms with Gasteiger partial charge in [0, 0.05) is 0 Å². The van der Waals surface area contributed by atoms with Gasteiger partial charge in [0.25, 0.3) is 0 Å². The van der Waals surface area contributed by atoms with E-state index in [1.54, 1.807) is 0 Å². The van der Waals surface area contributed by atoms with Gasteiger partial charge in [-0.25, -0.2) is 4.99 Å². The Hall–Kier alpha value is -1.03. The van der Waals surface area contributed by atoms with Crippen LogP contribution in [0.5, 0.6) is 0 Å². The van der Waals surface area contributed by atoms with Crippen LogP contribution < -0.4 is 11.1 Å². The van der Waals surface area contributed by atoms with E-state index in [0.717, 1.165) is 31.4 Å². The Bertz CT molecular complexity index is 443. The first kappa shape index (κ1) is 13.0. The molecule has 0 bridgehead atoms. The SMILES string of the molecule is CCCCC1=C2NC(N)=N[C@H]3CC[C@@H](CC1C)[C@@]23O. The maximum Gasteiger partial charge on any atom is 0.193 e. The quantitative estimate of drug-likeness (QED) is 0.728. The average molecular weight is 263 g/mol. The number of nitrogens with two attached hydrogens (primary N) is 1. The third-order valence-corrected chi connectivity index (χ3v) is 5.22. The molecule has 0 amide bonds. The van der Waals surface area contributed by atoms with Gasteiger partial charge < -0.3 is 16.2 Å². The van der Waals surface area contributed by atoms with Crippen molar-refractivity contribution in [2.24, 2.45) is 22.6 Å². The van der Waals surface area contributed by atoms with Crippen molar-refractivity contribution in [2.45, 2.75) is 64.0 Å². The topological polar surface area (TPSA) is 70.6 Å². The van der Waals surface area contributed by atoms with Crippen molar-refractivity contribution in [3.8, 4) is 0 Å². The summed E-state index contributed by atoms with van der Waals surface area (Å²) in [5.74, 6) is 1.37. The maximum absolute atomic E-state index is 11.2. The molecule has 1 saturated carbocycles. The lowest BCUT2D eigenvalue weighted by atomic mass is 9.69. The van der Waals surface area contributed by atoms with E-state index in [-0.39, 0.29) is 6.04 Å². The fourth-order valence-electron chi connectivity index (χ4n) is 4.22. The standard InChI is InChI=1S/C15H25N3O/c1-3-4-5-11-9(2)8-10-6-7-12-15(10,19)13(11)18-14(16)17-12/h9-10,12,19H,3-8H2,1-2H3,(H3,16,17,18)/t9?,10-,12-,15-/m0/s1. The predicted octanol–water partition coefficient (Wildman–Crippen LogP) is 1.90. The largest absolute Gasteiger partial charge is 0.381 e. The molecule has 1 fully saturated rings. The van der Waals surface area contributed by atoms with E-state index in [1.807, 2.05) is 0 Å². The van der Waals surface area contributed by atoms with Crippen LogP contribution in [0.15, 0.2) is 16.3 Å². The van der Waals surface area contributed by atoms with Crippen LogP contribution in [0.25, 0.3) is 0 Å². The van der Waals surface area contributed by atoms with Gasteiger partial charge >= 0.3 is 0 Å². The van der Waals surface area contributed by atoms with Gasteiger partial charge in [0.2, 0.25) is 0 Å². The minimum Gasteiger partial charge on any atom is -0.381 e. The summed E-state index contributed by atoms with van der Waals surface area (Å²) in [4.78, 5) is 4.44. The van der Waals surface area contributed by atoms with Gasteiger partial charge in [-0.3, -0.25) is 0 Å². The number of nitrogens with zero attached hydrogens (tertiary/aromatic N) is 1. The van der Waals surface area contributed by atoms with Crippen LogP contribution in [0, 0.1) is 11.8 Å². The molecule has 19 heavy (non-hydrogen) atoms. The summed E-state index contributed by atoms with van der Waals surface area (Å²) >= 11 is 0. The third-order valence-electron chi connectivity index (χ3n) is 5.22. The van der Waals surface area contributed by atoms with Gasteiger partial charge in [0.15, 0.2) is 5.96 Å². The van der Waals surface area contributed by atoms with Crippen LogP contribution in [-0.2, 0) is 0 Å². The van der Waals surface area contributed by atoms with Gasteiger partial charge in [-0.2, -0.15) is 0 Å². The van der Waals surface area contributed by atoms with Crippen LogP contribution in [0.4, 0.5) is 0 Å². The molecule has 2 aliphatic carbocycles. The molecule has 1 heterocycles. The molecule has 1 aliphatic heterocycles. The fraction of sp³-hybridized carbons (Fsp3) is 0.800. The molecule has 0 saturated heterocycles. The molecule has 0 aromatic rings. The number of aliphatic hydroxyl groups is 1. The van der Waals surface area contributed by atoms with E-state index >= 15 is 0 Å². The number of hydrogen-bond donors (Lipinski definition) is 3. The summed E-state index contributed by atoms with van der Waals surface area (Å²) in [6.07, 6.45) is 6.53. The van der Waals surface area contributed by atoms with Gasteiger partial charge in [-0.05, 0) is 49.5 Å². The Morgan fingerprint density at radius 2 is 2.26 bits per heavy atom. The molecule has 3 aliphatic rings. The molecular weight excluding hydrogens is 238 g/mol. The highest BCUT2D eigenvalue weighted by molar-refractivity contribution is 5.82. The zero-order valence-corrected chi connectivity index (χ0v) is 11.9. The van der Waals surface area contributed by atoms with E-state index in [4.69, 9.17) is 5.73 Å². The van der Waals surface area contributed by atoms with Crippen molar-refractivity contribution < 1.29 is 5.11 Å². The molecule has 4 nitrogen and oxygen atoms in total. The first-order valence-electron chi connectivity index (χ1n) is 7.63. The van der Waals surface area contributed by atoms with Crippen molar-refractivity contribution >= 4 is 5.96 Å². The Kier molecular flexibility index (Phi) is 3.08. The predicted molar refractivity (Wildman–Crippen MR) is 76.6 cm³/mol. The smallest absolute Gasteiger partial charge is 0.193 e. The van der Waals surface area contributed by atoms with Gasteiger partial charge in [-0.15, -0.1) is 0 Å². The van der Waals surface area contributed by atoms with Crippen molar-refractivity contribution in [2.75, 3.05) is 0 Å². The monoisotopic (exact) mass is 263 g/mol. The summed E-state index contributed by atoms with van der Waals surface area (Å²) in [6.45, 7) is 4.49. The van der Waals surface area contributed by atoms with Crippen molar-refractivity contribution in [3.63, 3.8) is 0 Å². The van der Waals surface area contributed by atoms with Crippen LogP contribution >= 0.6 is 0 Å². The lowest BCUT2D eigenvalue weighted by molar-refractivity contribution is 0.000188. The summed E-state index contributed by atoms with van der Waals surface area (Å²) in [5, 5.41) is 14.4. The van der Waals surface area contributed by atoms with Gasteiger partial charge in [-0.1, -0.05) is 20.3 Å². The summed E-state index contributed by atoms with van der Waals surface area (Å²) in [5.41, 5.74) is 7.53. The highest BCUT2D eigenvalue weighted by Crippen LogP contribution is 2.52. The van der Waals surface area contributed by atoms with Crippen LogP contribution in [0.1, 0.15) is 52.4 Å². The second kappa shape index (κ2) is 4.51. The van der Waals surface area contributed by atoms with Crippen LogP contribution in [-0.4, -0.2) is 22.7 Å². The first-order valence-corrected chi connectivity index (χ1v) is 7.63. The number of allylic oxidation sites excluding steroid dienone is 1. The van der Waals surface area contributed by atoms with Crippen LogP contribution in [0.2, 0.25) is 0 Å². The second-order valence-corrected chi connectivity index (χ2v) is 6.40. The van der Waals surface area contributed by atoms with Gasteiger partial charge in [0.1, 0.15) is 5.60 Å². The maximum atomic E-state index is 11.2. The van der Waals surface area contributed by atoms with E-state index in [9.17, 15) is 5.11 Å². The Labute approximate surface area is 115 Å². The van der Waals surface area contributed by atoms with Gasteiger partial charge in [0.05, 0.1) is 11.7 Å². The zero-order chi connectivity index (χ0) is 13.6. The lowest BCUT2D eigenvalue weighted by Gasteiger charge is -2.46. The highest BCUT2D eigenvalue weighted by Gasteiger charge is 2.57. The molecule has 0 radical (unpaired) electrons. The molecule has 0 spiro atoms. The molecule has 3 rings (SSSR count). The Morgan fingerprint density at radius 1 is 1.47 bits per heavy atom. The van der Waals surface area contributed by atoms with Crippen molar-refractivity contribution in [1.29, 1.82) is 0 Å². The highest BCUT2D eigenvalue weighted by atomic mass is 16.3. The number of nitrogens with one attached hydrogen (secondary N) is 1. The lowest BCUT2D eigenvalue weighted by Crippen LogP contribution is -2.58. The number of aliphatic imine (C=N–C) groups is 1. The first-order chi connectivity index (χ1) is 9.07. The summed E-state index contributed by atoms with van der Waals surface area (Å²) in [6, 6.07) is -0.0297. The van der Waals surface area contributed by atoms with E-state index in [1.165, 1.54) is 18.4 Å². The normalized spacial score (nSPS) is 40.8. The molecule has 4 N–H and O–H groups in total. The average Bonchev–Trinajstić information content (AvgIpc) is 2.67. The summed E-state index contributed by atoms with van der Waals surface area (Å²) < 4.78 is 0. The zero-order valence-electron chi connectivity index (χ0n) is 11.9.